The first-order valence-corrected chi connectivity index (χ1v) is 7.32. The molecule has 0 atom stereocenters. The molecular weight excluding hydrogens is 254 g/mol. The molecule has 0 radical (unpaired) electrons. The van der Waals surface area contributed by atoms with Gasteiger partial charge in [0.2, 0.25) is 0 Å². The van der Waals surface area contributed by atoms with Crippen LogP contribution in [0.15, 0.2) is 29.8 Å². The van der Waals surface area contributed by atoms with Crippen LogP contribution in [-0.2, 0) is 7.05 Å². The van der Waals surface area contributed by atoms with E-state index in [4.69, 9.17) is 0 Å². The Kier molecular flexibility index (Phi) is 3.03. The number of hydrogen-bond donors (Lipinski definition) is 1. The molecule has 0 aliphatic rings. The Bertz CT molecular complexity index is 724. The lowest BCUT2D eigenvalue weighted by atomic mass is 10.1. The highest BCUT2D eigenvalue weighted by Crippen LogP contribution is 2.32. The van der Waals surface area contributed by atoms with Crippen molar-refractivity contribution < 1.29 is 0 Å². The highest BCUT2D eigenvalue weighted by atomic mass is 32.1. The molecule has 4 heteroatoms. The van der Waals surface area contributed by atoms with E-state index in [2.05, 4.69) is 65.5 Å². The lowest BCUT2D eigenvalue weighted by Crippen LogP contribution is -1.94. The predicted molar refractivity (Wildman–Crippen MR) is 82.9 cm³/mol. The molecule has 0 fully saturated rings. The van der Waals surface area contributed by atoms with Crippen molar-refractivity contribution in [2.24, 2.45) is 7.05 Å². The maximum absolute atomic E-state index is 4.65. The number of thiazole rings is 1. The number of aryl methyl sites for hydroxylation is 2. The van der Waals surface area contributed by atoms with Gasteiger partial charge in [0.05, 0.1) is 5.69 Å². The van der Waals surface area contributed by atoms with Crippen LogP contribution in [0.4, 0.5) is 5.13 Å². The summed E-state index contributed by atoms with van der Waals surface area (Å²) in [5, 5.41) is 7.63. The zero-order valence-electron chi connectivity index (χ0n) is 11.4. The van der Waals surface area contributed by atoms with Gasteiger partial charge >= 0.3 is 0 Å². The number of aromatic nitrogens is 2. The summed E-state index contributed by atoms with van der Waals surface area (Å²) in [6.45, 7) is 5.11. The summed E-state index contributed by atoms with van der Waals surface area (Å²) in [5.41, 5.74) is 4.80. The third-order valence-electron chi connectivity index (χ3n) is 3.25. The molecule has 2 aromatic heterocycles. The van der Waals surface area contributed by atoms with Gasteiger partial charge in [0.15, 0.2) is 5.13 Å². The fourth-order valence-corrected chi connectivity index (χ4v) is 3.11. The van der Waals surface area contributed by atoms with E-state index in [1.807, 2.05) is 0 Å². The highest BCUT2D eigenvalue weighted by Gasteiger charge is 2.11. The third-order valence-corrected chi connectivity index (χ3v) is 4.05. The zero-order chi connectivity index (χ0) is 13.4. The van der Waals surface area contributed by atoms with Crippen molar-refractivity contribution in [1.82, 2.24) is 9.55 Å². The van der Waals surface area contributed by atoms with E-state index in [0.717, 1.165) is 17.4 Å². The van der Waals surface area contributed by atoms with Crippen LogP contribution in [0, 0.1) is 6.92 Å². The average molecular weight is 271 g/mol. The molecular formula is C15H17N3S. The van der Waals surface area contributed by atoms with Gasteiger partial charge in [-0.05, 0) is 25.5 Å². The van der Waals surface area contributed by atoms with Crippen LogP contribution in [0.1, 0.15) is 12.5 Å². The summed E-state index contributed by atoms with van der Waals surface area (Å²) in [4.78, 5) is 4.65. The quantitative estimate of drug-likeness (QED) is 0.779. The topological polar surface area (TPSA) is 29.9 Å². The molecule has 3 aromatic rings. The second-order valence-corrected chi connectivity index (χ2v) is 5.60. The minimum absolute atomic E-state index is 0.904. The average Bonchev–Trinajstić information content (AvgIpc) is 2.96. The SMILES string of the molecule is CCNc1nc(-c2cn(C)c3cc(C)ccc23)cs1. The Morgan fingerprint density at radius 1 is 1.37 bits per heavy atom. The number of nitrogens with one attached hydrogen (secondary N) is 1. The Morgan fingerprint density at radius 2 is 2.21 bits per heavy atom. The molecule has 0 unspecified atom stereocenters. The Labute approximate surface area is 116 Å². The highest BCUT2D eigenvalue weighted by molar-refractivity contribution is 7.14. The molecule has 0 saturated carbocycles. The Balaban J connectivity index is 2.13. The van der Waals surface area contributed by atoms with Crippen molar-refractivity contribution >= 4 is 27.4 Å². The summed E-state index contributed by atoms with van der Waals surface area (Å²) < 4.78 is 2.17. The number of hydrogen-bond acceptors (Lipinski definition) is 3. The molecule has 0 aliphatic heterocycles. The minimum Gasteiger partial charge on any atom is -0.362 e. The van der Waals surface area contributed by atoms with Gasteiger partial charge in [0, 0.05) is 41.6 Å². The summed E-state index contributed by atoms with van der Waals surface area (Å²) in [6, 6.07) is 6.56. The molecule has 0 amide bonds. The van der Waals surface area contributed by atoms with Gasteiger partial charge in [-0.1, -0.05) is 12.1 Å². The van der Waals surface area contributed by atoms with Crippen LogP contribution in [0.25, 0.3) is 22.2 Å². The van der Waals surface area contributed by atoms with Crippen LogP contribution in [0.3, 0.4) is 0 Å². The molecule has 3 rings (SSSR count). The van der Waals surface area contributed by atoms with Crippen molar-refractivity contribution in [2.45, 2.75) is 13.8 Å². The molecule has 1 N–H and O–H groups in total. The van der Waals surface area contributed by atoms with Crippen molar-refractivity contribution in [2.75, 3.05) is 11.9 Å². The van der Waals surface area contributed by atoms with E-state index in [-0.39, 0.29) is 0 Å². The third kappa shape index (κ3) is 2.12. The largest absolute Gasteiger partial charge is 0.362 e. The number of fused-ring (bicyclic) bond motifs is 1. The van der Waals surface area contributed by atoms with Crippen LogP contribution >= 0.6 is 11.3 Å². The Morgan fingerprint density at radius 3 is 3.00 bits per heavy atom. The molecule has 0 bridgehead atoms. The van der Waals surface area contributed by atoms with E-state index in [1.165, 1.54) is 22.0 Å². The number of rotatable bonds is 3. The maximum Gasteiger partial charge on any atom is 0.183 e. The first kappa shape index (κ1) is 12.2. The number of anilines is 1. The van der Waals surface area contributed by atoms with Gasteiger partial charge < -0.3 is 9.88 Å². The van der Waals surface area contributed by atoms with Crippen molar-refractivity contribution in [1.29, 1.82) is 0 Å². The van der Waals surface area contributed by atoms with Gasteiger partial charge in [-0.3, -0.25) is 0 Å². The lowest BCUT2D eigenvalue weighted by molar-refractivity contribution is 0.969. The molecule has 0 saturated heterocycles. The molecule has 2 heterocycles. The van der Waals surface area contributed by atoms with E-state index in [9.17, 15) is 0 Å². The summed E-state index contributed by atoms with van der Waals surface area (Å²) >= 11 is 1.66. The molecule has 1 aromatic carbocycles. The van der Waals surface area contributed by atoms with E-state index in [1.54, 1.807) is 11.3 Å². The van der Waals surface area contributed by atoms with Gasteiger partial charge in [0.25, 0.3) is 0 Å². The molecule has 3 nitrogen and oxygen atoms in total. The van der Waals surface area contributed by atoms with Crippen LogP contribution in [0.2, 0.25) is 0 Å². The summed E-state index contributed by atoms with van der Waals surface area (Å²) in [6.07, 6.45) is 2.16. The maximum atomic E-state index is 4.65. The molecule has 19 heavy (non-hydrogen) atoms. The van der Waals surface area contributed by atoms with E-state index >= 15 is 0 Å². The number of nitrogens with zero attached hydrogens (tertiary/aromatic N) is 2. The first-order chi connectivity index (χ1) is 9.19. The predicted octanol–water partition coefficient (Wildman–Crippen LogP) is 4.04. The zero-order valence-corrected chi connectivity index (χ0v) is 12.2. The second kappa shape index (κ2) is 4.70. The Hall–Kier alpha value is -1.81. The van der Waals surface area contributed by atoms with Gasteiger partial charge in [-0.25, -0.2) is 4.98 Å². The number of benzene rings is 1. The van der Waals surface area contributed by atoms with Gasteiger partial charge in [-0.2, -0.15) is 0 Å². The fourth-order valence-electron chi connectivity index (χ4n) is 2.33. The lowest BCUT2D eigenvalue weighted by Gasteiger charge is -1.98. The summed E-state index contributed by atoms with van der Waals surface area (Å²) in [7, 11) is 2.09. The van der Waals surface area contributed by atoms with Crippen LogP contribution in [-0.4, -0.2) is 16.1 Å². The van der Waals surface area contributed by atoms with Crippen LogP contribution < -0.4 is 5.32 Å². The molecule has 98 valence electrons. The second-order valence-electron chi connectivity index (χ2n) is 4.74. The molecule has 0 aliphatic carbocycles. The minimum atomic E-state index is 0.904. The summed E-state index contributed by atoms with van der Waals surface area (Å²) in [5.74, 6) is 0. The van der Waals surface area contributed by atoms with Crippen molar-refractivity contribution in [3.63, 3.8) is 0 Å². The van der Waals surface area contributed by atoms with Crippen molar-refractivity contribution in [3.8, 4) is 11.3 Å². The van der Waals surface area contributed by atoms with Crippen LogP contribution in [0.5, 0.6) is 0 Å². The van der Waals surface area contributed by atoms with Crippen molar-refractivity contribution in [3.05, 3.63) is 35.3 Å². The van der Waals surface area contributed by atoms with Gasteiger partial charge in [0.1, 0.15) is 0 Å². The van der Waals surface area contributed by atoms with Gasteiger partial charge in [-0.15, -0.1) is 11.3 Å². The first-order valence-electron chi connectivity index (χ1n) is 6.44. The van der Waals surface area contributed by atoms with E-state index < -0.39 is 0 Å². The smallest absolute Gasteiger partial charge is 0.183 e. The monoisotopic (exact) mass is 271 g/mol. The standard InChI is InChI=1S/C15H17N3S/c1-4-16-15-17-13(9-19-15)12-8-18(3)14-7-10(2)5-6-11(12)14/h5-9H,4H2,1-3H3,(H,16,17). The fraction of sp³-hybridized carbons (Fsp3) is 0.267. The normalized spacial score (nSPS) is 11.1. The van der Waals surface area contributed by atoms with E-state index in [0.29, 0.717) is 0 Å². The molecule has 0 spiro atoms.